The molecule has 0 aliphatic heterocycles. The number of benzene rings is 1. The summed E-state index contributed by atoms with van der Waals surface area (Å²) < 4.78 is 5.79. The van der Waals surface area contributed by atoms with Gasteiger partial charge in [0.25, 0.3) is 0 Å². The zero-order chi connectivity index (χ0) is 16.2. The van der Waals surface area contributed by atoms with Crippen LogP contribution in [-0.2, 0) is 13.1 Å². The van der Waals surface area contributed by atoms with Crippen LogP contribution in [-0.4, -0.2) is 18.0 Å². The number of para-hydroxylation sites is 1. The third-order valence-electron chi connectivity index (χ3n) is 3.61. The topological polar surface area (TPSA) is 62.5 Å². The Balaban J connectivity index is 0.00000208. The summed E-state index contributed by atoms with van der Waals surface area (Å²) in [5.41, 5.74) is 2.00. The molecule has 2 aromatic heterocycles. The fourth-order valence-electron chi connectivity index (χ4n) is 2.29. The van der Waals surface area contributed by atoms with Crippen molar-refractivity contribution >= 4 is 52.2 Å². The van der Waals surface area contributed by atoms with E-state index >= 15 is 0 Å². The molecule has 5 nitrogen and oxygen atoms in total. The average Bonchev–Trinajstić information content (AvgIpc) is 3.10. The maximum atomic E-state index is 5.79. The second kappa shape index (κ2) is 8.48. The van der Waals surface area contributed by atoms with Crippen molar-refractivity contribution in [2.24, 2.45) is 4.99 Å². The molecule has 0 radical (unpaired) electrons. The number of hydrogen-bond donors (Lipinski definition) is 2. The van der Waals surface area contributed by atoms with Gasteiger partial charge in [-0.15, -0.1) is 35.3 Å². The number of halogens is 1. The lowest BCUT2D eigenvalue weighted by molar-refractivity contribution is 0.538. The highest BCUT2D eigenvalue weighted by molar-refractivity contribution is 14.0. The van der Waals surface area contributed by atoms with Crippen molar-refractivity contribution in [1.82, 2.24) is 15.6 Å². The second-order valence-corrected chi connectivity index (χ2v) is 6.57. The molecular formula is C17H21IN4OS. The minimum atomic E-state index is 0. The summed E-state index contributed by atoms with van der Waals surface area (Å²) in [6.45, 7) is 5.37. The van der Waals surface area contributed by atoms with E-state index in [1.165, 1.54) is 4.88 Å². The summed E-state index contributed by atoms with van der Waals surface area (Å²) in [6.07, 6.45) is 0. The van der Waals surface area contributed by atoms with Crippen molar-refractivity contribution in [3.05, 3.63) is 51.7 Å². The summed E-state index contributed by atoms with van der Waals surface area (Å²) >= 11 is 1.71. The maximum absolute atomic E-state index is 5.79. The Morgan fingerprint density at radius 3 is 2.62 bits per heavy atom. The van der Waals surface area contributed by atoms with E-state index in [0.717, 1.165) is 33.4 Å². The fraction of sp³-hybridized carbons (Fsp3) is 0.294. The van der Waals surface area contributed by atoms with Gasteiger partial charge in [-0.1, -0.05) is 18.2 Å². The molecule has 0 unspecified atom stereocenters. The van der Waals surface area contributed by atoms with Crippen LogP contribution in [0.15, 0.2) is 39.7 Å². The third-order valence-corrected chi connectivity index (χ3v) is 4.68. The molecule has 7 heteroatoms. The van der Waals surface area contributed by atoms with Crippen LogP contribution in [0.25, 0.3) is 11.0 Å². The summed E-state index contributed by atoms with van der Waals surface area (Å²) in [4.78, 5) is 10.0. The molecule has 3 rings (SSSR count). The fourth-order valence-corrected chi connectivity index (χ4v) is 3.16. The molecule has 128 valence electrons. The number of nitrogens with zero attached hydrogens (tertiary/aromatic N) is 2. The Bertz CT molecular complexity index is 788. The predicted octanol–water partition coefficient (Wildman–Crippen LogP) is 3.99. The first-order valence-electron chi connectivity index (χ1n) is 7.50. The lowest BCUT2D eigenvalue weighted by Crippen LogP contribution is -2.36. The summed E-state index contributed by atoms with van der Waals surface area (Å²) in [5, 5.41) is 8.71. The molecule has 3 aromatic rings. The lowest BCUT2D eigenvalue weighted by Gasteiger charge is -2.09. The Hall–Kier alpha value is -1.61. The highest BCUT2D eigenvalue weighted by atomic mass is 127. The van der Waals surface area contributed by atoms with Gasteiger partial charge in [0.15, 0.2) is 5.96 Å². The van der Waals surface area contributed by atoms with Gasteiger partial charge in [0.05, 0.1) is 18.8 Å². The number of aromatic nitrogens is 1. The largest absolute Gasteiger partial charge is 0.459 e. The van der Waals surface area contributed by atoms with Gasteiger partial charge in [0.2, 0.25) is 0 Å². The van der Waals surface area contributed by atoms with Gasteiger partial charge in [-0.3, -0.25) is 4.99 Å². The standard InChI is InChI=1S/C17H20N4OS.HI/c1-11-12(2)23-16(21-11)10-20-17(18-3)19-9-14-8-13-6-4-5-7-15(13)22-14;/h4-8H,9-10H2,1-3H3,(H2,18,19,20);1H. The molecule has 0 aliphatic carbocycles. The molecule has 0 bridgehead atoms. The SMILES string of the molecule is CN=C(NCc1cc2ccccc2o1)NCc1nc(C)c(C)s1.I. The van der Waals surface area contributed by atoms with Crippen molar-refractivity contribution in [2.75, 3.05) is 7.05 Å². The average molecular weight is 456 g/mol. The van der Waals surface area contributed by atoms with E-state index in [1.54, 1.807) is 18.4 Å². The van der Waals surface area contributed by atoms with Gasteiger partial charge in [0.1, 0.15) is 16.4 Å². The molecule has 0 aliphatic rings. The Morgan fingerprint density at radius 2 is 1.96 bits per heavy atom. The van der Waals surface area contributed by atoms with Crippen LogP contribution in [0.3, 0.4) is 0 Å². The predicted molar refractivity (Wildman–Crippen MR) is 110 cm³/mol. The van der Waals surface area contributed by atoms with E-state index in [0.29, 0.717) is 13.1 Å². The van der Waals surface area contributed by atoms with Crippen molar-refractivity contribution in [2.45, 2.75) is 26.9 Å². The Morgan fingerprint density at radius 1 is 1.21 bits per heavy atom. The highest BCUT2D eigenvalue weighted by Crippen LogP contribution is 2.18. The van der Waals surface area contributed by atoms with Crippen LogP contribution in [0.1, 0.15) is 21.3 Å². The van der Waals surface area contributed by atoms with Crippen LogP contribution in [0.4, 0.5) is 0 Å². The van der Waals surface area contributed by atoms with Gasteiger partial charge in [0, 0.05) is 17.3 Å². The van der Waals surface area contributed by atoms with E-state index < -0.39 is 0 Å². The first-order chi connectivity index (χ1) is 11.2. The Kier molecular flexibility index (Phi) is 6.61. The number of fused-ring (bicyclic) bond motifs is 1. The van der Waals surface area contributed by atoms with Crippen LogP contribution in [0.2, 0.25) is 0 Å². The van der Waals surface area contributed by atoms with Crippen LogP contribution < -0.4 is 10.6 Å². The number of rotatable bonds is 4. The first kappa shape index (κ1) is 18.7. The van der Waals surface area contributed by atoms with Crippen molar-refractivity contribution in [3.8, 4) is 0 Å². The van der Waals surface area contributed by atoms with Gasteiger partial charge in [-0.05, 0) is 26.0 Å². The normalized spacial score (nSPS) is 11.4. The number of thiazole rings is 1. The molecule has 0 atom stereocenters. The molecule has 2 heterocycles. The number of aryl methyl sites for hydroxylation is 2. The molecular weight excluding hydrogens is 435 g/mol. The van der Waals surface area contributed by atoms with Gasteiger partial charge in [-0.25, -0.2) is 4.98 Å². The van der Waals surface area contributed by atoms with Crippen molar-refractivity contribution < 1.29 is 4.42 Å². The monoisotopic (exact) mass is 456 g/mol. The number of hydrogen-bond acceptors (Lipinski definition) is 4. The zero-order valence-corrected chi connectivity index (χ0v) is 17.1. The molecule has 0 saturated carbocycles. The minimum Gasteiger partial charge on any atom is -0.459 e. The van der Waals surface area contributed by atoms with Crippen molar-refractivity contribution in [3.63, 3.8) is 0 Å². The zero-order valence-electron chi connectivity index (χ0n) is 13.9. The summed E-state index contributed by atoms with van der Waals surface area (Å²) in [6, 6.07) is 10.0. The number of guanidine groups is 1. The van der Waals surface area contributed by atoms with Gasteiger partial charge >= 0.3 is 0 Å². The van der Waals surface area contributed by atoms with E-state index in [9.17, 15) is 0 Å². The molecule has 1 aromatic carbocycles. The molecule has 0 saturated heterocycles. The van der Waals surface area contributed by atoms with Gasteiger partial charge < -0.3 is 15.1 Å². The minimum absolute atomic E-state index is 0. The maximum Gasteiger partial charge on any atom is 0.191 e. The van der Waals surface area contributed by atoms with Crippen LogP contribution in [0.5, 0.6) is 0 Å². The van der Waals surface area contributed by atoms with Crippen molar-refractivity contribution in [1.29, 1.82) is 0 Å². The molecule has 2 N–H and O–H groups in total. The van der Waals surface area contributed by atoms with Crippen LogP contribution >= 0.6 is 35.3 Å². The molecule has 0 spiro atoms. The summed E-state index contributed by atoms with van der Waals surface area (Å²) in [5.74, 6) is 1.62. The number of furan rings is 1. The van der Waals surface area contributed by atoms with Crippen LogP contribution in [0, 0.1) is 13.8 Å². The smallest absolute Gasteiger partial charge is 0.191 e. The molecule has 0 fully saturated rings. The first-order valence-corrected chi connectivity index (χ1v) is 8.32. The second-order valence-electron chi connectivity index (χ2n) is 5.28. The van der Waals surface area contributed by atoms with Gasteiger partial charge in [-0.2, -0.15) is 0 Å². The third kappa shape index (κ3) is 4.47. The van der Waals surface area contributed by atoms with E-state index in [4.69, 9.17) is 4.42 Å². The Labute approximate surface area is 162 Å². The van der Waals surface area contributed by atoms with E-state index in [-0.39, 0.29) is 24.0 Å². The number of nitrogens with one attached hydrogen (secondary N) is 2. The molecule has 0 amide bonds. The lowest BCUT2D eigenvalue weighted by atomic mass is 10.2. The highest BCUT2D eigenvalue weighted by Gasteiger charge is 2.06. The number of aliphatic imine (C=N–C) groups is 1. The van der Waals surface area contributed by atoms with E-state index in [2.05, 4.69) is 27.5 Å². The molecule has 24 heavy (non-hydrogen) atoms. The van der Waals surface area contributed by atoms with E-state index in [1.807, 2.05) is 37.3 Å². The quantitative estimate of drug-likeness (QED) is 0.354. The summed E-state index contributed by atoms with van der Waals surface area (Å²) in [7, 11) is 1.76.